The number of nitrogens with two attached hydrogens (primary N) is 1. The number of nitrogens with one attached hydrogen (secondary N) is 1. The predicted octanol–water partition coefficient (Wildman–Crippen LogP) is 3.72. The van der Waals surface area contributed by atoms with E-state index < -0.39 is 5.91 Å². The van der Waals surface area contributed by atoms with E-state index in [1.54, 1.807) is 7.11 Å². The van der Waals surface area contributed by atoms with Crippen LogP contribution in [-0.4, -0.2) is 59.8 Å². The second-order valence-corrected chi connectivity index (χ2v) is 9.83. The molecule has 1 atom stereocenters. The zero-order valence-electron chi connectivity index (χ0n) is 21.1. The lowest BCUT2D eigenvalue weighted by molar-refractivity contribution is -0.127. The number of carbonyl (C=O) groups excluding carboxylic acids is 2. The maximum absolute atomic E-state index is 12.7. The number of rotatable bonds is 8. The summed E-state index contributed by atoms with van der Waals surface area (Å²) in [6, 6.07) is 4.04. The predicted molar refractivity (Wildman–Crippen MR) is 138 cm³/mol. The molecule has 2 aliphatic heterocycles. The fourth-order valence-corrected chi connectivity index (χ4v) is 5.77. The van der Waals surface area contributed by atoms with E-state index in [1.807, 2.05) is 28.6 Å². The zero-order chi connectivity index (χ0) is 25.4. The van der Waals surface area contributed by atoms with Crippen LogP contribution in [-0.2, 0) is 4.79 Å². The summed E-state index contributed by atoms with van der Waals surface area (Å²) in [5.74, 6) is 2.44. The van der Waals surface area contributed by atoms with Crippen LogP contribution in [0.5, 0.6) is 11.5 Å². The summed E-state index contributed by atoms with van der Waals surface area (Å²) in [4.78, 5) is 26.6. The molecule has 1 aliphatic carbocycles. The van der Waals surface area contributed by atoms with Gasteiger partial charge in [0.2, 0.25) is 5.91 Å². The molecule has 1 aromatic carbocycles. The molecule has 0 spiro atoms. The van der Waals surface area contributed by atoms with Crippen molar-refractivity contribution in [1.82, 2.24) is 14.7 Å². The monoisotopic (exact) mass is 493 g/mol. The summed E-state index contributed by atoms with van der Waals surface area (Å²) in [5.41, 5.74) is 8.69. The van der Waals surface area contributed by atoms with Crippen LogP contribution in [0.15, 0.2) is 24.8 Å². The molecule has 1 aromatic heterocycles. The van der Waals surface area contributed by atoms with E-state index in [4.69, 9.17) is 20.3 Å². The number of piperidine rings is 1. The van der Waals surface area contributed by atoms with Crippen molar-refractivity contribution in [3.8, 4) is 22.8 Å². The number of aromatic nitrogens is 2. The number of benzene rings is 1. The van der Waals surface area contributed by atoms with Gasteiger partial charge in [-0.15, -0.1) is 0 Å². The smallest absolute Gasteiger partial charge is 0.254 e. The quantitative estimate of drug-likeness (QED) is 0.542. The number of hydrogen-bond acceptors (Lipinski definition) is 6. The highest BCUT2D eigenvalue weighted by Gasteiger charge is 2.37. The van der Waals surface area contributed by atoms with Crippen LogP contribution < -0.4 is 20.5 Å². The van der Waals surface area contributed by atoms with E-state index in [2.05, 4.69) is 11.9 Å². The molecule has 3 aliphatic rings. The number of likely N-dealkylation sites (tertiary alicyclic amines) is 1. The van der Waals surface area contributed by atoms with Gasteiger partial charge in [0.05, 0.1) is 19.8 Å². The van der Waals surface area contributed by atoms with Gasteiger partial charge in [-0.05, 0) is 69.1 Å². The Morgan fingerprint density at radius 2 is 1.92 bits per heavy atom. The lowest BCUT2D eigenvalue weighted by Crippen LogP contribution is -2.41. The average Bonchev–Trinajstić information content (AvgIpc) is 3.65. The van der Waals surface area contributed by atoms with Gasteiger partial charge < -0.3 is 25.4 Å². The van der Waals surface area contributed by atoms with Crippen LogP contribution in [0.4, 0.5) is 5.82 Å². The molecule has 0 bridgehead atoms. The summed E-state index contributed by atoms with van der Waals surface area (Å²) in [6.07, 6.45) is 6.25. The first-order valence-corrected chi connectivity index (χ1v) is 12.9. The first-order valence-electron chi connectivity index (χ1n) is 12.9. The summed E-state index contributed by atoms with van der Waals surface area (Å²) in [7, 11) is 1.66. The Morgan fingerprint density at radius 3 is 2.53 bits per heavy atom. The van der Waals surface area contributed by atoms with Crippen LogP contribution in [0.25, 0.3) is 11.3 Å². The molecular formula is C27H35N5O4. The van der Waals surface area contributed by atoms with Gasteiger partial charge in [0, 0.05) is 30.8 Å². The van der Waals surface area contributed by atoms with Crippen molar-refractivity contribution in [3.63, 3.8) is 0 Å². The number of nitrogens with zero attached hydrogens (tertiary/aromatic N) is 3. The number of amides is 2. The topological polar surface area (TPSA) is 112 Å². The third-order valence-electron chi connectivity index (χ3n) is 7.66. The molecule has 1 unspecified atom stereocenters. The number of carbonyl (C=O) groups is 2. The summed E-state index contributed by atoms with van der Waals surface area (Å²) >= 11 is 0. The lowest BCUT2D eigenvalue weighted by Gasteiger charge is -2.38. The first-order chi connectivity index (χ1) is 17.5. The molecule has 5 rings (SSSR count). The Bertz CT molecular complexity index is 1180. The SMILES string of the molecule is C=CC(=O)N1CCC(C2CCNc3c(C(N)=O)c(-c4cc(OC)c(C5CC5)c(OCC)c4)nn32)CC1. The van der Waals surface area contributed by atoms with Crippen molar-refractivity contribution >= 4 is 17.6 Å². The van der Waals surface area contributed by atoms with Gasteiger partial charge >= 0.3 is 0 Å². The molecule has 36 heavy (non-hydrogen) atoms. The highest BCUT2D eigenvalue weighted by Crippen LogP contribution is 2.51. The summed E-state index contributed by atoms with van der Waals surface area (Å²) in [6.45, 7) is 8.23. The van der Waals surface area contributed by atoms with Crippen LogP contribution in [0.1, 0.15) is 66.9 Å². The molecule has 3 heterocycles. The van der Waals surface area contributed by atoms with E-state index in [-0.39, 0.29) is 11.9 Å². The van der Waals surface area contributed by atoms with E-state index >= 15 is 0 Å². The van der Waals surface area contributed by atoms with Crippen LogP contribution in [0, 0.1) is 5.92 Å². The highest BCUT2D eigenvalue weighted by molar-refractivity contribution is 6.04. The minimum Gasteiger partial charge on any atom is -0.496 e. The molecule has 9 nitrogen and oxygen atoms in total. The van der Waals surface area contributed by atoms with E-state index in [9.17, 15) is 9.59 Å². The molecule has 9 heteroatoms. The Kier molecular flexibility index (Phi) is 6.64. The fraction of sp³-hybridized carbons (Fsp3) is 0.519. The van der Waals surface area contributed by atoms with Gasteiger partial charge in [0.25, 0.3) is 5.91 Å². The molecule has 0 radical (unpaired) electrons. The van der Waals surface area contributed by atoms with Gasteiger partial charge in [-0.3, -0.25) is 9.59 Å². The first kappa shape index (κ1) is 24.2. The zero-order valence-corrected chi connectivity index (χ0v) is 21.1. The van der Waals surface area contributed by atoms with Crippen molar-refractivity contribution < 1.29 is 19.1 Å². The Labute approximate surface area is 211 Å². The van der Waals surface area contributed by atoms with Gasteiger partial charge in [-0.2, -0.15) is 5.10 Å². The molecule has 2 fully saturated rings. The normalized spacial score (nSPS) is 19.8. The standard InChI is InChI=1S/C27H35N5O4/c1-4-22(33)31-12-9-16(10-13-31)19-8-11-29-27-24(26(28)34)25(30-32(19)27)18-14-20(35-3)23(17-6-7-17)21(15-18)36-5-2/h4,14-17,19,29H,1,5-13H2,2-3H3,(H2,28,34). The second kappa shape index (κ2) is 9.87. The fourth-order valence-electron chi connectivity index (χ4n) is 5.77. The molecule has 2 amide bonds. The van der Waals surface area contributed by atoms with Gasteiger partial charge in [0.15, 0.2) is 0 Å². The number of ether oxygens (including phenoxy) is 2. The lowest BCUT2D eigenvalue weighted by atomic mass is 9.87. The number of primary amides is 1. The number of anilines is 1. The van der Waals surface area contributed by atoms with Crippen molar-refractivity contribution in [2.45, 2.75) is 51.0 Å². The van der Waals surface area contributed by atoms with Crippen molar-refractivity contribution in [1.29, 1.82) is 0 Å². The Hall–Kier alpha value is -3.49. The summed E-state index contributed by atoms with van der Waals surface area (Å²) in [5, 5.41) is 8.36. The molecule has 3 N–H and O–H groups in total. The largest absolute Gasteiger partial charge is 0.496 e. The van der Waals surface area contributed by atoms with E-state index in [1.165, 1.54) is 6.08 Å². The van der Waals surface area contributed by atoms with Gasteiger partial charge in [0.1, 0.15) is 28.6 Å². The highest BCUT2D eigenvalue weighted by atomic mass is 16.5. The van der Waals surface area contributed by atoms with Crippen molar-refractivity contribution in [2.75, 3.05) is 38.7 Å². The van der Waals surface area contributed by atoms with Crippen LogP contribution in [0.3, 0.4) is 0 Å². The maximum Gasteiger partial charge on any atom is 0.254 e. The molecular weight excluding hydrogens is 458 g/mol. The van der Waals surface area contributed by atoms with Crippen molar-refractivity contribution in [3.05, 3.63) is 35.9 Å². The number of methoxy groups -OCH3 is 1. The Balaban J connectivity index is 1.54. The number of fused-ring (bicyclic) bond motifs is 1. The second-order valence-electron chi connectivity index (χ2n) is 9.83. The minimum atomic E-state index is -0.519. The molecule has 1 saturated carbocycles. The maximum atomic E-state index is 12.7. The van der Waals surface area contributed by atoms with Crippen LogP contribution in [0.2, 0.25) is 0 Å². The number of hydrogen-bond donors (Lipinski definition) is 2. The van der Waals surface area contributed by atoms with Crippen LogP contribution >= 0.6 is 0 Å². The minimum absolute atomic E-state index is 0.0227. The summed E-state index contributed by atoms with van der Waals surface area (Å²) < 4.78 is 13.7. The van der Waals surface area contributed by atoms with Crippen molar-refractivity contribution in [2.24, 2.45) is 11.7 Å². The van der Waals surface area contributed by atoms with Gasteiger partial charge in [-0.25, -0.2) is 4.68 Å². The van der Waals surface area contributed by atoms with E-state index in [0.717, 1.165) is 61.3 Å². The third-order valence-corrected chi connectivity index (χ3v) is 7.66. The Morgan fingerprint density at radius 1 is 1.19 bits per heavy atom. The van der Waals surface area contributed by atoms with E-state index in [0.29, 0.717) is 48.6 Å². The molecule has 192 valence electrons. The average molecular weight is 494 g/mol. The molecule has 1 saturated heterocycles. The van der Waals surface area contributed by atoms with Gasteiger partial charge in [-0.1, -0.05) is 6.58 Å². The third kappa shape index (κ3) is 4.31. The molecule has 2 aromatic rings.